The number of benzene rings is 1. The molecule has 0 aromatic heterocycles. The Bertz CT molecular complexity index is 488. The number of carbonyl (C=O) groups is 1. The molecule has 0 N–H and O–H groups in total. The molecule has 1 aliphatic rings. The number of hydrogen-bond acceptors (Lipinski definition) is 2. The molecule has 82 valence electrons. The van der Waals surface area contributed by atoms with Gasteiger partial charge < -0.3 is 0 Å². The topological polar surface area (TPSA) is 32.7 Å². The summed E-state index contributed by atoms with van der Waals surface area (Å²) < 4.78 is 0. The third-order valence-electron chi connectivity index (χ3n) is 2.46. The molecule has 0 atom stereocenters. The van der Waals surface area contributed by atoms with Gasteiger partial charge in [0, 0.05) is 12.1 Å². The van der Waals surface area contributed by atoms with Gasteiger partial charge in [-0.1, -0.05) is 23.7 Å². The SMILES string of the molecule is CC1=NC(=Cc2ccc(Cl)cc2)C(=O)N1C. The lowest BCUT2D eigenvalue weighted by atomic mass is 10.2. The Balaban J connectivity index is 2.32. The number of amidine groups is 1. The molecule has 1 aromatic rings. The van der Waals surface area contributed by atoms with Crippen LogP contribution in [0.15, 0.2) is 35.0 Å². The summed E-state index contributed by atoms with van der Waals surface area (Å²) in [7, 11) is 1.71. The molecule has 0 fully saturated rings. The highest BCUT2D eigenvalue weighted by atomic mass is 35.5. The van der Waals surface area contributed by atoms with Gasteiger partial charge in [-0.15, -0.1) is 0 Å². The van der Waals surface area contributed by atoms with Crippen LogP contribution in [-0.2, 0) is 4.79 Å². The van der Waals surface area contributed by atoms with Crippen molar-refractivity contribution in [2.24, 2.45) is 4.99 Å². The fourth-order valence-electron chi connectivity index (χ4n) is 1.43. The zero-order valence-corrected chi connectivity index (χ0v) is 9.82. The van der Waals surface area contributed by atoms with Crippen LogP contribution in [-0.4, -0.2) is 23.7 Å². The highest BCUT2D eigenvalue weighted by Gasteiger charge is 2.23. The molecule has 1 heterocycles. The molecule has 0 bridgehead atoms. The van der Waals surface area contributed by atoms with Gasteiger partial charge in [-0.2, -0.15) is 0 Å². The van der Waals surface area contributed by atoms with Crippen molar-refractivity contribution in [1.29, 1.82) is 0 Å². The molecular formula is C12H11ClN2O. The number of hydrogen-bond donors (Lipinski definition) is 0. The molecule has 0 saturated heterocycles. The van der Waals surface area contributed by atoms with Gasteiger partial charge in [0.25, 0.3) is 5.91 Å². The van der Waals surface area contributed by atoms with Crippen LogP contribution in [0, 0.1) is 0 Å². The molecule has 0 spiro atoms. The van der Waals surface area contributed by atoms with E-state index in [0.29, 0.717) is 16.6 Å². The Morgan fingerprint density at radius 3 is 2.44 bits per heavy atom. The van der Waals surface area contributed by atoms with Crippen LogP contribution in [0.5, 0.6) is 0 Å². The average molecular weight is 235 g/mol. The van der Waals surface area contributed by atoms with Crippen molar-refractivity contribution in [3.63, 3.8) is 0 Å². The zero-order chi connectivity index (χ0) is 11.7. The van der Waals surface area contributed by atoms with Crippen molar-refractivity contribution in [1.82, 2.24) is 4.90 Å². The van der Waals surface area contributed by atoms with Crippen molar-refractivity contribution in [2.75, 3.05) is 7.05 Å². The molecule has 16 heavy (non-hydrogen) atoms. The molecular weight excluding hydrogens is 224 g/mol. The Labute approximate surface area is 99.0 Å². The Morgan fingerprint density at radius 2 is 1.94 bits per heavy atom. The van der Waals surface area contributed by atoms with Gasteiger partial charge in [-0.05, 0) is 30.7 Å². The van der Waals surface area contributed by atoms with Gasteiger partial charge in [0.1, 0.15) is 11.5 Å². The van der Waals surface area contributed by atoms with E-state index in [1.165, 1.54) is 4.90 Å². The second kappa shape index (κ2) is 4.10. The van der Waals surface area contributed by atoms with Gasteiger partial charge in [0.15, 0.2) is 0 Å². The third kappa shape index (κ3) is 1.99. The van der Waals surface area contributed by atoms with Crippen LogP contribution in [0.3, 0.4) is 0 Å². The zero-order valence-electron chi connectivity index (χ0n) is 9.07. The minimum Gasteiger partial charge on any atom is -0.298 e. The Hall–Kier alpha value is -1.61. The third-order valence-corrected chi connectivity index (χ3v) is 2.72. The predicted molar refractivity (Wildman–Crippen MR) is 65.3 cm³/mol. The van der Waals surface area contributed by atoms with E-state index >= 15 is 0 Å². The minimum absolute atomic E-state index is 0.0764. The van der Waals surface area contributed by atoms with Crippen molar-refractivity contribution in [2.45, 2.75) is 6.92 Å². The maximum Gasteiger partial charge on any atom is 0.277 e. The van der Waals surface area contributed by atoms with Gasteiger partial charge in [-0.3, -0.25) is 9.69 Å². The summed E-state index contributed by atoms with van der Waals surface area (Å²) in [5, 5.41) is 0.677. The van der Waals surface area contributed by atoms with Gasteiger partial charge >= 0.3 is 0 Å². The number of halogens is 1. The highest BCUT2D eigenvalue weighted by molar-refractivity contribution is 6.30. The Kier molecular flexibility index (Phi) is 2.79. The largest absolute Gasteiger partial charge is 0.298 e. The van der Waals surface area contributed by atoms with Gasteiger partial charge in [0.2, 0.25) is 0 Å². The van der Waals surface area contributed by atoms with E-state index in [2.05, 4.69) is 4.99 Å². The van der Waals surface area contributed by atoms with Crippen molar-refractivity contribution >= 4 is 29.4 Å². The molecule has 0 unspecified atom stereocenters. The Morgan fingerprint density at radius 1 is 1.31 bits per heavy atom. The lowest BCUT2D eigenvalue weighted by Crippen LogP contribution is -2.25. The molecule has 1 amide bonds. The van der Waals surface area contributed by atoms with Crippen molar-refractivity contribution in [3.8, 4) is 0 Å². The van der Waals surface area contributed by atoms with Crippen LogP contribution in [0.1, 0.15) is 12.5 Å². The second-order valence-electron chi connectivity index (χ2n) is 3.60. The average Bonchev–Trinajstić information content (AvgIpc) is 2.50. The monoisotopic (exact) mass is 234 g/mol. The number of amides is 1. The number of nitrogens with zero attached hydrogens (tertiary/aromatic N) is 2. The van der Waals surface area contributed by atoms with Crippen LogP contribution in [0.4, 0.5) is 0 Å². The van der Waals surface area contributed by atoms with E-state index in [9.17, 15) is 4.79 Å². The first-order valence-corrected chi connectivity index (χ1v) is 5.26. The van der Waals surface area contributed by atoms with Gasteiger partial charge in [-0.25, -0.2) is 4.99 Å². The molecule has 1 aliphatic heterocycles. The van der Waals surface area contributed by atoms with E-state index in [0.717, 1.165) is 5.56 Å². The smallest absolute Gasteiger partial charge is 0.277 e. The fourth-order valence-corrected chi connectivity index (χ4v) is 1.55. The summed E-state index contributed by atoms with van der Waals surface area (Å²) in [4.78, 5) is 17.4. The summed E-state index contributed by atoms with van der Waals surface area (Å²) in [6.45, 7) is 1.81. The standard InChI is InChI=1S/C12H11ClN2O/c1-8-14-11(12(16)15(8)2)7-9-3-5-10(13)6-4-9/h3-7H,1-2H3. The minimum atomic E-state index is -0.0764. The lowest BCUT2D eigenvalue weighted by Gasteiger charge is -2.05. The van der Waals surface area contributed by atoms with E-state index in [1.54, 1.807) is 32.2 Å². The van der Waals surface area contributed by atoms with Crippen molar-refractivity contribution < 1.29 is 4.79 Å². The maximum atomic E-state index is 11.7. The molecule has 3 nitrogen and oxygen atoms in total. The number of rotatable bonds is 1. The molecule has 0 aliphatic carbocycles. The quantitative estimate of drug-likeness (QED) is 0.688. The summed E-state index contributed by atoms with van der Waals surface area (Å²) in [5.74, 6) is 0.637. The van der Waals surface area contributed by atoms with Crippen molar-refractivity contribution in [3.05, 3.63) is 40.5 Å². The van der Waals surface area contributed by atoms with Gasteiger partial charge in [0.05, 0.1) is 0 Å². The number of aliphatic imine (C=N–C) groups is 1. The van der Waals surface area contributed by atoms with E-state index in [-0.39, 0.29) is 5.91 Å². The normalized spacial score (nSPS) is 18.2. The molecule has 1 aromatic carbocycles. The molecule has 0 radical (unpaired) electrons. The van der Waals surface area contributed by atoms with Crippen LogP contribution >= 0.6 is 11.6 Å². The van der Waals surface area contributed by atoms with E-state index in [1.807, 2.05) is 12.1 Å². The summed E-state index contributed by atoms with van der Waals surface area (Å²) >= 11 is 5.78. The number of likely N-dealkylation sites (N-methyl/N-ethyl adjacent to an activating group) is 1. The number of carbonyl (C=O) groups excluding carboxylic acids is 1. The first-order valence-electron chi connectivity index (χ1n) is 4.88. The summed E-state index contributed by atoms with van der Waals surface area (Å²) in [6, 6.07) is 7.28. The van der Waals surface area contributed by atoms with E-state index < -0.39 is 0 Å². The first-order chi connectivity index (χ1) is 7.58. The predicted octanol–water partition coefficient (Wildman–Crippen LogP) is 2.57. The van der Waals surface area contributed by atoms with Crippen LogP contribution in [0.2, 0.25) is 5.02 Å². The van der Waals surface area contributed by atoms with Crippen LogP contribution < -0.4 is 0 Å². The molecule has 0 saturated carbocycles. The second-order valence-corrected chi connectivity index (χ2v) is 4.04. The molecule has 2 rings (SSSR count). The lowest BCUT2D eigenvalue weighted by molar-refractivity contribution is -0.121. The maximum absolute atomic E-state index is 11.7. The summed E-state index contributed by atoms with van der Waals surface area (Å²) in [5.41, 5.74) is 1.38. The summed E-state index contributed by atoms with van der Waals surface area (Å²) in [6.07, 6.45) is 1.76. The van der Waals surface area contributed by atoms with E-state index in [4.69, 9.17) is 11.6 Å². The fraction of sp³-hybridized carbons (Fsp3) is 0.167. The van der Waals surface area contributed by atoms with Crippen LogP contribution in [0.25, 0.3) is 6.08 Å². The highest BCUT2D eigenvalue weighted by Crippen LogP contribution is 2.18. The first kappa shape index (κ1) is 10.9. The molecule has 4 heteroatoms.